The second-order valence-corrected chi connectivity index (χ2v) is 8.02. The Hall–Kier alpha value is -2.32. The molecule has 0 aliphatic rings. The van der Waals surface area contributed by atoms with E-state index in [4.69, 9.17) is 0 Å². The summed E-state index contributed by atoms with van der Waals surface area (Å²) in [5, 5.41) is 1.05. The largest absolute Gasteiger partial charge is 0.469 e. The zero-order valence-corrected chi connectivity index (χ0v) is 16.9. The molecule has 0 aliphatic heterocycles. The molecule has 0 saturated carbocycles. The summed E-state index contributed by atoms with van der Waals surface area (Å²) in [6, 6.07) is 13.8. The van der Waals surface area contributed by atoms with Crippen LogP contribution in [0.1, 0.15) is 6.42 Å². The summed E-state index contributed by atoms with van der Waals surface area (Å²) in [7, 11) is 1.32. The average molecular weight is 419 g/mol. The van der Waals surface area contributed by atoms with E-state index in [1.165, 1.54) is 41.3 Å². The first-order chi connectivity index (χ1) is 13.6. The van der Waals surface area contributed by atoms with E-state index in [0.29, 0.717) is 32.5 Å². The Balaban J connectivity index is 1.77. The van der Waals surface area contributed by atoms with Crippen LogP contribution in [0, 0.1) is 5.82 Å². The molecule has 2 aromatic carbocycles. The minimum atomic E-state index is -0.383. The maximum atomic E-state index is 13.7. The van der Waals surface area contributed by atoms with E-state index < -0.39 is 0 Å². The number of ether oxygens (including phenoxy) is 1. The maximum Gasteiger partial charge on any atom is 0.307 e. The molecule has 0 unspecified atom stereocenters. The molecule has 3 aromatic rings. The van der Waals surface area contributed by atoms with Crippen molar-refractivity contribution in [2.75, 3.05) is 18.6 Å². The predicted molar refractivity (Wildman–Crippen MR) is 110 cm³/mol. The van der Waals surface area contributed by atoms with Crippen molar-refractivity contribution in [3.05, 3.63) is 64.7 Å². The summed E-state index contributed by atoms with van der Waals surface area (Å²) in [6.45, 7) is 0.201. The lowest BCUT2D eigenvalue weighted by molar-refractivity contribution is -0.140. The van der Waals surface area contributed by atoms with Crippen molar-refractivity contribution in [1.29, 1.82) is 0 Å². The van der Waals surface area contributed by atoms with Crippen molar-refractivity contribution in [2.45, 2.75) is 23.0 Å². The van der Waals surface area contributed by atoms with Gasteiger partial charge < -0.3 is 4.74 Å². The molecule has 1 aromatic heterocycles. The summed E-state index contributed by atoms with van der Waals surface area (Å²) in [6.07, 6.45) is 0.0912. The van der Waals surface area contributed by atoms with Gasteiger partial charge in [-0.25, -0.2) is 9.37 Å². The lowest BCUT2D eigenvalue weighted by Crippen LogP contribution is -2.25. The molecule has 0 amide bonds. The van der Waals surface area contributed by atoms with Gasteiger partial charge >= 0.3 is 5.97 Å². The van der Waals surface area contributed by atoms with Gasteiger partial charge in [0.25, 0.3) is 5.56 Å². The number of hydrogen-bond donors (Lipinski definition) is 0. The van der Waals surface area contributed by atoms with Crippen LogP contribution in [0.25, 0.3) is 10.9 Å². The first kappa shape index (κ1) is 20.4. The molecule has 0 atom stereocenters. The van der Waals surface area contributed by atoms with Gasteiger partial charge in [0, 0.05) is 22.9 Å². The van der Waals surface area contributed by atoms with E-state index in [9.17, 15) is 14.0 Å². The van der Waals surface area contributed by atoms with Gasteiger partial charge in [0.15, 0.2) is 5.16 Å². The molecular weight excluding hydrogens is 399 g/mol. The van der Waals surface area contributed by atoms with Crippen molar-refractivity contribution in [1.82, 2.24) is 9.55 Å². The van der Waals surface area contributed by atoms with Crippen molar-refractivity contribution in [3.63, 3.8) is 0 Å². The van der Waals surface area contributed by atoms with Crippen LogP contribution < -0.4 is 5.56 Å². The third kappa shape index (κ3) is 4.94. The minimum Gasteiger partial charge on any atom is -0.469 e. The minimum absolute atomic E-state index is 0.0912. The molecule has 0 saturated heterocycles. The van der Waals surface area contributed by atoms with E-state index in [0.717, 1.165) is 0 Å². The van der Waals surface area contributed by atoms with Gasteiger partial charge in [-0.15, -0.1) is 11.8 Å². The fourth-order valence-corrected chi connectivity index (χ4v) is 4.55. The number of carbonyl (C=O) groups excluding carboxylic acids is 1. The molecule has 146 valence electrons. The van der Waals surface area contributed by atoms with Crippen LogP contribution >= 0.6 is 23.5 Å². The molecule has 3 rings (SSSR count). The van der Waals surface area contributed by atoms with Crippen molar-refractivity contribution < 1.29 is 13.9 Å². The Morgan fingerprint density at radius 1 is 1.11 bits per heavy atom. The standard InChI is InChI=1S/C20H19FN2O3S2/c1-26-18(24)10-11-23-19(25)14-6-2-4-8-16(14)22-20(23)28-13-12-27-17-9-5-3-7-15(17)21/h2-9H,10-13H2,1H3. The van der Waals surface area contributed by atoms with Crippen LogP contribution in [0.3, 0.4) is 0 Å². The normalized spacial score (nSPS) is 10.9. The molecule has 0 spiro atoms. The molecule has 1 heterocycles. The van der Waals surface area contributed by atoms with Gasteiger partial charge in [-0.2, -0.15) is 0 Å². The second-order valence-electron chi connectivity index (χ2n) is 5.82. The molecule has 28 heavy (non-hydrogen) atoms. The number of halogens is 1. The van der Waals surface area contributed by atoms with Crippen LogP contribution in [0.4, 0.5) is 4.39 Å². The number of esters is 1. The first-order valence-corrected chi connectivity index (χ1v) is 10.6. The van der Waals surface area contributed by atoms with Gasteiger partial charge in [-0.05, 0) is 24.3 Å². The highest BCUT2D eigenvalue weighted by atomic mass is 32.2. The van der Waals surface area contributed by atoms with Gasteiger partial charge in [-0.1, -0.05) is 36.0 Å². The highest BCUT2D eigenvalue weighted by molar-refractivity contribution is 8.02. The molecular formula is C20H19FN2O3S2. The number of hydrogen-bond acceptors (Lipinski definition) is 6. The number of methoxy groups -OCH3 is 1. The van der Waals surface area contributed by atoms with Gasteiger partial charge in [0.1, 0.15) is 5.82 Å². The first-order valence-electron chi connectivity index (χ1n) is 8.66. The van der Waals surface area contributed by atoms with Crippen LogP contribution in [-0.4, -0.2) is 34.1 Å². The van der Waals surface area contributed by atoms with Crippen LogP contribution in [0.5, 0.6) is 0 Å². The quantitative estimate of drug-likeness (QED) is 0.239. The molecule has 0 fully saturated rings. The number of carbonyl (C=O) groups is 1. The van der Waals surface area contributed by atoms with Gasteiger partial charge in [-0.3, -0.25) is 14.2 Å². The Kier molecular flexibility index (Phi) is 7.11. The predicted octanol–water partition coefficient (Wildman–Crippen LogP) is 3.98. The highest BCUT2D eigenvalue weighted by Crippen LogP contribution is 2.24. The van der Waals surface area contributed by atoms with Crippen molar-refractivity contribution in [3.8, 4) is 0 Å². The lowest BCUT2D eigenvalue weighted by Gasteiger charge is -2.12. The average Bonchev–Trinajstić information content (AvgIpc) is 2.71. The monoisotopic (exact) mass is 418 g/mol. The number of rotatable bonds is 8. The summed E-state index contributed by atoms with van der Waals surface area (Å²) < 4.78 is 19.9. The van der Waals surface area contributed by atoms with Gasteiger partial charge in [0.2, 0.25) is 0 Å². The number of benzene rings is 2. The van der Waals surface area contributed by atoms with Crippen molar-refractivity contribution >= 4 is 40.4 Å². The summed E-state index contributed by atoms with van der Waals surface area (Å²) in [5.41, 5.74) is 0.435. The Labute approximate surface area is 170 Å². The van der Waals surface area contributed by atoms with Gasteiger partial charge in [0.05, 0.1) is 24.4 Å². The number of para-hydroxylation sites is 1. The zero-order valence-electron chi connectivity index (χ0n) is 15.3. The van der Waals surface area contributed by atoms with Crippen molar-refractivity contribution in [2.24, 2.45) is 0 Å². The molecule has 0 aliphatic carbocycles. The maximum absolute atomic E-state index is 13.7. The fraction of sp³-hybridized carbons (Fsp3) is 0.250. The Bertz CT molecular complexity index is 1040. The number of nitrogens with zero attached hydrogens (tertiary/aromatic N) is 2. The summed E-state index contributed by atoms with van der Waals surface area (Å²) >= 11 is 2.83. The van der Waals surface area contributed by atoms with E-state index in [2.05, 4.69) is 9.72 Å². The number of thioether (sulfide) groups is 2. The zero-order chi connectivity index (χ0) is 19.9. The van der Waals surface area contributed by atoms with Crippen LogP contribution in [0.15, 0.2) is 63.4 Å². The van der Waals surface area contributed by atoms with E-state index >= 15 is 0 Å². The molecule has 5 nitrogen and oxygen atoms in total. The third-order valence-corrected chi connectivity index (χ3v) is 6.29. The van der Waals surface area contributed by atoms with Crippen LogP contribution in [0.2, 0.25) is 0 Å². The Morgan fingerprint density at radius 2 is 1.82 bits per heavy atom. The lowest BCUT2D eigenvalue weighted by atomic mass is 10.2. The SMILES string of the molecule is COC(=O)CCn1c(SCCSc2ccccc2F)nc2ccccc2c1=O. The third-order valence-electron chi connectivity index (χ3n) is 4.00. The number of fused-ring (bicyclic) bond motifs is 1. The molecule has 0 bridgehead atoms. The molecule has 0 radical (unpaired) electrons. The Morgan fingerprint density at radius 3 is 2.61 bits per heavy atom. The smallest absolute Gasteiger partial charge is 0.307 e. The van der Waals surface area contributed by atoms with Crippen LogP contribution in [-0.2, 0) is 16.1 Å². The second kappa shape index (κ2) is 9.75. The van der Waals surface area contributed by atoms with E-state index in [1.807, 2.05) is 6.07 Å². The van der Waals surface area contributed by atoms with E-state index in [1.54, 1.807) is 36.4 Å². The fourth-order valence-electron chi connectivity index (χ4n) is 2.61. The summed E-state index contributed by atoms with van der Waals surface area (Å²) in [5.74, 6) is 0.676. The highest BCUT2D eigenvalue weighted by Gasteiger charge is 2.13. The number of aromatic nitrogens is 2. The topological polar surface area (TPSA) is 61.2 Å². The molecule has 8 heteroatoms. The summed E-state index contributed by atoms with van der Waals surface area (Å²) in [4.78, 5) is 29.6. The van der Waals surface area contributed by atoms with E-state index in [-0.39, 0.29) is 30.3 Å². The molecule has 0 N–H and O–H groups in total.